The monoisotopic (exact) mass is 511 g/mol. The van der Waals surface area contributed by atoms with E-state index >= 15 is 0 Å². The van der Waals surface area contributed by atoms with E-state index in [9.17, 15) is 0 Å². The number of aliphatic imine (C=N–C) groups is 1. The maximum Gasteiger partial charge on any atom is 0.194 e. The number of morpholine rings is 1. The summed E-state index contributed by atoms with van der Waals surface area (Å²) in [7, 11) is 5.51. The number of benzene rings is 1. The lowest BCUT2D eigenvalue weighted by Gasteiger charge is -2.35. The SMILES string of the molecule is CN=C(NC1CC1(C)c1ccccc1OC)N1CCOC(c2cnn(C)c2)C1.I. The van der Waals surface area contributed by atoms with Gasteiger partial charge in [-0.05, 0) is 12.5 Å². The van der Waals surface area contributed by atoms with Crippen LogP contribution in [0.2, 0.25) is 0 Å². The van der Waals surface area contributed by atoms with Crippen LogP contribution >= 0.6 is 24.0 Å². The number of methoxy groups -OCH3 is 1. The normalized spacial score (nSPS) is 26.6. The molecule has 8 heteroatoms. The molecular weight excluding hydrogens is 481 g/mol. The first-order chi connectivity index (χ1) is 13.5. The van der Waals surface area contributed by atoms with Crippen LogP contribution in [-0.4, -0.2) is 60.5 Å². The lowest BCUT2D eigenvalue weighted by Crippen LogP contribution is -2.49. The van der Waals surface area contributed by atoms with Crippen LogP contribution in [0.5, 0.6) is 5.75 Å². The minimum absolute atomic E-state index is 0. The number of nitrogens with one attached hydrogen (secondary N) is 1. The summed E-state index contributed by atoms with van der Waals surface area (Å²) in [6, 6.07) is 8.62. The lowest BCUT2D eigenvalue weighted by atomic mass is 9.96. The lowest BCUT2D eigenvalue weighted by molar-refractivity contribution is -0.00808. The molecule has 1 saturated carbocycles. The van der Waals surface area contributed by atoms with Crippen molar-refractivity contribution in [3.63, 3.8) is 0 Å². The fourth-order valence-electron chi connectivity index (χ4n) is 4.09. The fraction of sp³-hybridized carbons (Fsp3) is 0.524. The molecule has 29 heavy (non-hydrogen) atoms. The second-order valence-corrected chi connectivity index (χ2v) is 7.82. The molecule has 2 heterocycles. The Labute approximate surface area is 189 Å². The van der Waals surface area contributed by atoms with Crippen molar-refractivity contribution < 1.29 is 9.47 Å². The summed E-state index contributed by atoms with van der Waals surface area (Å²) in [5.41, 5.74) is 2.41. The van der Waals surface area contributed by atoms with Crippen molar-refractivity contribution in [2.75, 3.05) is 33.9 Å². The highest BCUT2D eigenvalue weighted by molar-refractivity contribution is 14.0. The number of aryl methyl sites for hydroxylation is 1. The van der Waals surface area contributed by atoms with Crippen LogP contribution < -0.4 is 10.1 Å². The van der Waals surface area contributed by atoms with E-state index < -0.39 is 0 Å². The van der Waals surface area contributed by atoms with Crippen molar-refractivity contribution in [2.45, 2.75) is 30.9 Å². The minimum Gasteiger partial charge on any atom is -0.496 e. The van der Waals surface area contributed by atoms with E-state index in [4.69, 9.17) is 9.47 Å². The molecule has 2 fully saturated rings. The molecule has 4 rings (SSSR count). The van der Waals surface area contributed by atoms with Crippen LogP contribution in [0.4, 0.5) is 0 Å². The Morgan fingerprint density at radius 2 is 2.17 bits per heavy atom. The third kappa shape index (κ3) is 4.37. The van der Waals surface area contributed by atoms with Crippen LogP contribution in [0.3, 0.4) is 0 Å². The molecular formula is C21H30IN5O2. The number of guanidine groups is 1. The molecule has 2 aliphatic rings. The number of ether oxygens (including phenoxy) is 2. The molecule has 0 bridgehead atoms. The zero-order valence-corrected chi connectivity index (χ0v) is 19.8. The number of hydrogen-bond acceptors (Lipinski definition) is 4. The van der Waals surface area contributed by atoms with Crippen LogP contribution in [0.25, 0.3) is 0 Å². The molecule has 0 amide bonds. The topological polar surface area (TPSA) is 63.9 Å². The van der Waals surface area contributed by atoms with Gasteiger partial charge in [0.1, 0.15) is 11.9 Å². The molecule has 1 aliphatic carbocycles. The van der Waals surface area contributed by atoms with Gasteiger partial charge in [0, 0.05) is 49.4 Å². The number of hydrogen-bond donors (Lipinski definition) is 1. The van der Waals surface area contributed by atoms with E-state index in [0.717, 1.165) is 36.8 Å². The third-order valence-corrected chi connectivity index (χ3v) is 5.94. The second-order valence-electron chi connectivity index (χ2n) is 7.82. The highest BCUT2D eigenvalue weighted by Crippen LogP contribution is 2.51. The molecule has 158 valence electrons. The fourth-order valence-corrected chi connectivity index (χ4v) is 4.09. The van der Waals surface area contributed by atoms with E-state index in [0.29, 0.717) is 12.6 Å². The summed E-state index contributed by atoms with van der Waals surface area (Å²) in [6.07, 6.45) is 4.97. The van der Waals surface area contributed by atoms with E-state index in [-0.39, 0.29) is 35.5 Å². The maximum atomic E-state index is 5.97. The zero-order chi connectivity index (χ0) is 19.7. The summed E-state index contributed by atoms with van der Waals surface area (Å²) in [4.78, 5) is 6.83. The Morgan fingerprint density at radius 1 is 1.38 bits per heavy atom. The van der Waals surface area contributed by atoms with Gasteiger partial charge < -0.3 is 19.7 Å². The molecule has 7 nitrogen and oxygen atoms in total. The number of halogens is 1. The molecule has 3 atom stereocenters. The quantitative estimate of drug-likeness (QED) is 0.389. The van der Waals surface area contributed by atoms with E-state index in [1.165, 1.54) is 5.56 Å². The van der Waals surface area contributed by atoms with Crippen molar-refractivity contribution in [3.05, 3.63) is 47.8 Å². The number of rotatable bonds is 4. The molecule has 2 aromatic rings. The predicted octanol–water partition coefficient (Wildman–Crippen LogP) is 2.73. The van der Waals surface area contributed by atoms with Gasteiger partial charge in [-0.15, -0.1) is 24.0 Å². The number of aromatic nitrogens is 2. The molecule has 0 spiro atoms. The highest BCUT2D eigenvalue weighted by Gasteiger charge is 2.53. The third-order valence-electron chi connectivity index (χ3n) is 5.94. The summed E-state index contributed by atoms with van der Waals surface area (Å²) < 4.78 is 13.4. The Balaban J connectivity index is 0.00000240. The van der Waals surface area contributed by atoms with Crippen molar-refractivity contribution >= 4 is 29.9 Å². The Morgan fingerprint density at radius 3 is 2.86 bits per heavy atom. The summed E-state index contributed by atoms with van der Waals surface area (Å²) in [5, 5.41) is 7.94. The van der Waals surface area contributed by atoms with Gasteiger partial charge in [0.2, 0.25) is 0 Å². The number of para-hydroxylation sites is 1. The van der Waals surface area contributed by atoms with E-state index in [1.807, 2.05) is 43.3 Å². The smallest absolute Gasteiger partial charge is 0.194 e. The van der Waals surface area contributed by atoms with Crippen LogP contribution in [-0.2, 0) is 17.2 Å². The highest BCUT2D eigenvalue weighted by atomic mass is 127. The van der Waals surface area contributed by atoms with E-state index in [2.05, 4.69) is 39.4 Å². The molecule has 3 unspecified atom stereocenters. The second kappa shape index (κ2) is 8.91. The summed E-state index contributed by atoms with van der Waals surface area (Å²) in [6.45, 7) is 4.56. The largest absolute Gasteiger partial charge is 0.496 e. The summed E-state index contributed by atoms with van der Waals surface area (Å²) >= 11 is 0. The van der Waals surface area contributed by atoms with Gasteiger partial charge in [0.25, 0.3) is 0 Å². The molecule has 1 N–H and O–H groups in total. The maximum absolute atomic E-state index is 5.97. The minimum atomic E-state index is 0. The van der Waals surface area contributed by atoms with Gasteiger partial charge in [0.15, 0.2) is 5.96 Å². The average molecular weight is 511 g/mol. The average Bonchev–Trinajstić information content (AvgIpc) is 3.17. The molecule has 0 radical (unpaired) electrons. The Bertz CT molecular complexity index is 870. The molecule has 1 aromatic carbocycles. The molecule has 1 saturated heterocycles. The van der Waals surface area contributed by atoms with Crippen LogP contribution in [0.1, 0.15) is 30.6 Å². The Kier molecular flexibility index (Phi) is 6.72. The van der Waals surface area contributed by atoms with Gasteiger partial charge in [-0.25, -0.2) is 0 Å². The van der Waals surface area contributed by atoms with E-state index in [1.54, 1.807) is 7.11 Å². The van der Waals surface area contributed by atoms with Crippen molar-refractivity contribution in [2.24, 2.45) is 12.0 Å². The van der Waals surface area contributed by atoms with Crippen molar-refractivity contribution in [1.82, 2.24) is 20.0 Å². The Hall–Kier alpha value is -1.81. The zero-order valence-electron chi connectivity index (χ0n) is 17.5. The van der Waals surface area contributed by atoms with Gasteiger partial charge in [-0.2, -0.15) is 5.10 Å². The van der Waals surface area contributed by atoms with Gasteiger partial charge in [-0.3, -0.25) is 9.67 Å². The first-order valence-corrected chi connectivity index (χ1v) is 9.77. The number of nitrogens with zero attached hydrogens (tertiary/aromatic N) is 4. The standard InChI is InChI=1S/C21H29N5O2.HI/c1-21(16-7-5-6-8-17(16)27-4)11-19(21)24-20(22-2)26-9-10-28-18(14-26)15-12-23-25(3)13-15;/h5-8,12-13,18-19H,9-11,14H2,1-4H3,(H,22,24);1H. The van der Waals surface area contributed by atoms with Crippen LogP contribution in [0, 0.1) is 0 Å². The molecule has 1 aromatic heterocycles. The van der Waals surface area contributed by atoms with Gasteiger partial charge in [-0.1, -0.05) is 25.1 Å². The first-order valence-electron chi connectivity index (χ1n) is 9.77. The first kappa shape index (κ1) is 21.9. The predicted molar refractivity (Wildman–Crippen MR) is 124 cm³/mol. The molecule has 1 aliphatic heterocycles. The van der Waals surface area contributed by atoms with Crippen LogP contribution in [0.15, 0.2) is 41.7 Å². The van der Waals surface area contributed by atoms with Gasteiger partial charge >= 0.3 is 0 Å². The van der Waals surface area contributed by atoms with Crippen molar-refractivity contribution in [1.29, 1.82) is 0 Å². The van der Waals surface area contributed by atoms with Gasteiger partial charge in [0.05, 0.1) is 26.5 Å². The van der Waals surface area contributed by atoms with Crippen molar-refractivity contribution in [3.8, 4) is 5.75 Å². The summed E-state index contributed by atoms with van der Waals surface area (Å²) in [5.74, 6) is 1.88.